The van der Waals surface area contributed by atoms with Gasteiger partial charge in [0.1, 0.15) is 6.04 Å². The minimum absolute atomic E-state index is 0.342. The Morgan fingerprint density at radius 1 is 1.10 bits per heavy atom. The van der Waals surface area contributed by atoms with Gasteiger partial charge in [-0.3, -0.25) is 9.69 Å². The highest BCUT2D eigenvalue weighted by Crippen LogP contribution is 2.27. The summed E-state index contributed by atoms with van der Waals surface area (Å²) in [5.74, 6) is -0.544. The maximum absolute atomic E-state index is 13.3. The van der Waals surface area contributed by atoms with Gasteiger partial charge in [0, 0.05) is 13.1 Å². The lowest BCUT2D eigenvalue weighted by atomic mass is 9.90. The second-order valence-corrected chi connectivity index (χ2v) is 10.0. The summed E-state index contributed by atoms with van der Waals surface area (Å²) in [7, 11) is 0. The van der Waals surface area contributed by atoms with Crippen LogP contribution in [0.3, 0.4) is 0 Å². The van der Waals surface area contributed by atoms with E-state index in [1.807, 2.05) is 0 Å². The van der Waals surface area contributed by atoms with Crippen LogP contribution >= 0.6 is 0 Å². The third kappa shape index (κ3) is 7.25. The van der Waals surface area contributed by atoms with Crippen molar-refractivity contribution in [1.29, 1.82) is 0 Å². The second-order valence-electron chi connectivity index (χ2n) is 10.0. The molecule has 2 aliphatic rings. The van der Waals surface area contributed by atoms with E-state index in [2.05, 4.69) is 23.6 Å². The average Bonchev–Trinajstić information content (AvgIpc) is 3.18. The first-order valence-corrected chi connectivity index (χ1v) is 11.9. The quantitative estimate of drug-likeness (QED) is 0.571. The second kappa shape index (κ2) is 11.4. The molecule has 0 aliphatic carbocycles. The number of hydrogen-bond donors (Lipinski definition) is 1. The van der Waals surface area contributed by atoms with Crippen LogP contribution in [0.2, 0.25) is 0 Å². The number of carboxylic acid groups (broad SMARTS) is 1. The minimum atomic E-state index is -0.778. The summed E-state index contributed by atoms with van der Waals surface area (Å²) in [4.78, 5) is 16.4. The van der Waals surface area contributed by atoms with Gasteiger partial charge in [-0.2, -0.15) is 0 Å². The van der Waals surface area contributed by atoms with E-state index in [1.165, 1.54) is 25.0 Å². The molecule has 0 aromatic heterocycles. The fourth-order valence-corrected chi connectivity index (χ4v) is 5.26. The van der Waals surface area contributed by atoms with Crippen LogP contribution in [0.4, 0.5) is 8.78 Å². The molecule has 3 rings (SSSR count). The minimum Gasteiger partial charge on any atom is -0.480 e. The Morgan fingerprint density at radius 3 is 2.45 bits per heavy atom. The lowest BCUT2D eigenvalue weighted by molar-refractivity contribution is -0.143. The number of hydrogen-bond acceptors (Lipinski definition) is 3. The van der Waals surface area contributed by atoms with Crippen LogP contribution in [0.15, 0.2) is 18.2 Å². The highest BCUT2D eigenvalue weighted by atomic mass is 19.2. The summed E-state index contributed by atoms with van der Waals surface area (Å²) in [6.45, 7) is 9.28. The monoisotopic (exact) mass is 436 g/mol. The van der Waals surface area contributed by atoms with Crippen LogP contribution in [0, 0.1) is 29.4 Å². The number of carbonyl (C=O) groups is 1. The zero-order chi connectivity index (χ0) is 22.4. The Kier molecular flexibility index (Phi) is 8.85. The third-order valence-electron chi connectivity index (χ3n) is 7.02. The van der Waals surface area contributed by atoms with Gasteiger partial charge >= 0.3 is 5.97 Å². The van der Waals surface area contributed by atoms with Crippen molar-refractivity contribution >= 4 is 5.97 Å². The van der Waals surface area contributed by atoms with Crippen LogP contribution < -0.4 is 0 Å². The van der Waals surface area contributed by atoms with E-state index in [4.69, 9.17) is 0 Å². The number of aryl methyl sites for hydroxylation is 1. The standard InChI is InChI=1S/C25H38F2N2O2/c1-18(2)14-24(25(30)31)29-13-10-21(17-29)16-28-11-8-19(9-12-28)4-3-5-20-6-7-22(26)23(27)15-20/h6-7,15,18-19,21,24H,3-5,8-14,16-17H2,1-2H3,(H,30,31). The molecule has 6 heteroatoms. The largest absolute Gasteiger partial charge is 0.480 e. The molecule has 31 heavy (non-hydrogen) atoms. The molecule has 2 fully saturated rings. The molecule has 2 heterocycles. The van der Waals surface area contributed by atoms with Crippen LogP contribution in [-0.4, -0.2) is 59.6 Å². The molecule has 2 aliphatic heterocycles. The molecule has 0 radical (unpaired) electrons. The molecule has 0 amide bonds. The van der Waals surface area contributed by atoms with Crippen molar-refractivity contribution in [3.63, 3.8) is 0 Å². The van der Waals surface area contributed by atoms with Crippen LogP contribution in [0.1, 0.15) is 57.9 Å². The Bertz CT molecular complexity index is 719. The van der Waals surface area contributed by atoms with E-state index in [9.17, 15) is 18.7 Å². The van der Waals surface area contributed by atoms with Crippen molar-refractivity contribution in [2.45, 2.75) is 64.8 Å². The van der Waals surface area contributed by atoms with Gasteiger partial charge < -0.3 is 10.0 Å². The molecule has 1 aromatic rings. The predicted octanol–water partition coefficient (Wildman–Crippen LogP) is 4.82. The lowest BCUT2D eigenvalue weighted by Crippen LogP contribution is -2.42. The normalized spacial score (nSPS) is 22.3. The van der Waals surface area contributed by atoms with E-state index in [1.54, 1.807) is 6.07 Å². The summed E-state index contributed by atoms with van der Waals surface area (Å²) in [5.41, 5.74) is 0.874. The van der Waals surface area contributed by atoms with E-state index in [0.29, 0.717) is 17.8 Å². The fourth-order valence-electron chi connectivity index (χ4n) is 5.26. The number of aliphatic carboxylic acids is 1. The van der Waals surface area contributed by atoms with Gasteiger partial charge in [0.15, 0.2) is 11.6 Å². The van der Waals surface area contributed by atoms with Crippen molar-refractivity contribution < 1.29 is 18.7 Å². The van der Waals surface area contributed by atoms with Gasteiger partial charge in [-0.1, -0.05) is 26.3 Å². The smallest absolute Gasteiger partial charge is 0.320 e. The molecule has 2 unspecified atom stereocenters. The highest BCUT2D eigenvalue weighted by molar-refractivity contribution is 5.73. The van der Waals surface area contributed by atoms with Crippen LogP contribution in [0.25, 0.3) is 0 Å². The van der Waals surface area contributed by atoms with Gasteiger partial charge in [0.2, 0.25) is 0 Å². The zero-order valence-corrected chi connectivity index (χ0v) is 19.0. The summed E-state index contributed by atoms with van der Waals surface area (Å²) in [6.07, 6.45) is 7.16. The van der Waals surface area contributed by atoms with Crippen molar-refractivity contribution in [3.05, 3.63) is 35.4 Å². The van der Waals surface area contributed by atoms with Gasteiger partial charge in [-0.25, -0.2) is 8.78 Å². The van der Waals surface area contributed by atoms with Gasteiger partial charge in [-0.05, 0) is 93.6 Å². The first-order chi connectivity index (χ1) is 14.8. The number of halogens is 2. The summed E-state index contributed by atoms with van der Waals surface area (Å²) >= 11 is 0. The van der Waals surface area contributed by atoms with Gasteiger partial charge in [0.05, 0.1) is 0 Å². The molecule has 1 aromatic carbocycles. The average molecular weight is 437 g/mol. The van der Waals surface area contributed by atoms with Crippen molar-refractivity contribution in [2.75, 3.05) is 32.7 Å². The van der Waals surface area contributed by atoms with E-state index < -0.39 is 17.6 Å². The lowest BCUT2D eigenvalue weighted by Gasteiger charge is -2.34. The molecular formula is C25H38F2N2O2. The summed E-state index contributed by atoms with van der Waals surface area (Å²) in [5, 5.41) is 9.60. The molecule has 0 bridgehead atoms. The van der Waals surface area contributed by atoms with Crippen molar-refractivity contribution in [3.8, 4) is 0 Å². The molecular weight excluding hydrogens is 398 g/mol. The molecule has 2 atom stereocenters. The molecule has 1 N–H and O–H groups in total. The number of nitrogens with zero attached hydrogens (tertiary/aromatic N) is 2. The van der Waals surface area contributed by atoms with E-state index >= 15 is 0 Å². The van der Waals surface area contributed by atoms with E-state index in [0.717, 1.165) is 70.4 Å². The number of benzene rings is 1. The molecule has 4 nitrogen and oxygen atoms in total. The summed E-state index contributed by atoms with van der Waals surface area (Å²) < 4.78 is 26.4. The third-order valence-corrected chi connectivity index (χ3v) is 7.02. The topological polar surface area (TPSA) is 43.8 Å². The number of rotatable bonds is 10. The molecule has 2 saturated heterocycles. The Labute approximate surface area is 185 Å². The Morgan fingerprint density at radius 2 is 1.81 bits per heavy atom. The van der Waals surface area contributed by atoms with Crippen molar-refractivity contribution in [2.24, 2.45) is 17.8 Å². The fraction of sp³-hybridized carbons (Fsp3) is 0.720. The first-order valence-electron chi connectivity index (χ1n) is 11.9. The number of likely N-dealkylation sites (tertiary alicyclic amines) is 2. The Balaban J connectivity index is 1.34. The maximum Gasteiger partial charge on any atom is 0.320 e. The van der Waals surface area contributed by atoms with Crippen molar-refractivity contribution in [1.82, 2.24) is 9.80 Å². The molecule has 174 valence electrons. The summed E-state index contributed by atoms with van der Waals surface area (Å²) in [6, 6.07) is 3.88. The number of piperidine rings is 1. The maximum atomic E-state index is 13.3. The SMILES string of the molecule is CC(C)CC(C(=O)O)N1CCC(CN2CCC(CCCc3ccc(F)c(F)c3)CC2)C1. The van der Waals surface area contributed by atoms with Crippen LogP contribution in [-0.2, 0) is 11.2 Å². The Hall–Kier alpha value is -1.53. The molecule has 0 spiro atoms. The highest BCUT2D eigenvalue weighted by Gasteiger charge is 2.33. The molecule has 0 saturated carbocycles. The van der Waals surface area contributed by atoms with Gasteiger partial charge in [-0.15, -0.1) is 0 Å². The number of carboxylic acids is 1. The predicted molar refractivity (Wildman–Crippen MR) is 119 cm³/mol. The van der Waals surface area contributed by atoms with Crippen LogP contribution in [0.5, 0.6) is 0 Å². The van der Waals surface area contributed by atoms with E-state index in [-0.39, 0.29) is 6.04 Å². The first kappa shape index (κ1) is 24.1. The van der Waals surface area contributed by atoms with Gasteiger partial charge in [0.25, 0.3) is 0 Å². The zero-order valence-electron chi connectivity index (χ0n) is 19.0.